The molecule has 0 atom stereocenters. The van der Waals surface area contributed by atoms with Crippen molar-refractivity contribution < 1.29 is 14.3 Å². The van der Waals surface area contributed by atoms with E-state index in [1.54, 1.807) is 39.0 Å². The Hall–Kier alpha value is -2.54. The number of halogens is 1. The molecule has 2 amide bonds. The van der Waals surface area contributed by atoms with Gasteiger partial charge in [0.2, 0.25) is 0 Å². The Balaban J connectivity index is 2.06. The van der Waals surface area contributed by atoms with Crippen molar-refractivity contribution in [3.63, 3.8) is 0 Å². The molecule has 0 saturated carbocycles. The minimum absolute atomic E-state index is 0.307. The molecule has 2 rings (SSSR count). The van der Waals surface area contributed by atoms with Crippen LogP contribution in [0.1, 0.15) is 31.1 Å². The molecule has 2 aromatic rings. The number of hydrogen-bond donors (Lipinski definition) is 3. The fraction of sp³-hybridized carbons (Fsp3) is 0.267. The van der Waals surface area contributed by atoms with Gasteiger partial charge in [-0.15, -0.1) is 0 Å². The topological polar surface area (TPSA) is 96.1 Å². The lowest BCUT2D eigenvalue weighted by atomic mass is 10.2. The summed E-state index contributed by atoms with van der Waals surface area (Å²) in [6.45, 7) is 5.31. The van der Waals surface area contributed by atoms with Crippen molar-refractivity contribution in [1.82, 2.24) is 10.2 Å². The molecular formula is C15H17ClN4O3. The maximum atomic E-state index is 12.2. The molecule has 0 aliphatic heterocycles. The fourth-order valence-electron chi connectivity index (χ4n) is 1.70. The first kappa shape index (κ1) is 16.8. The number of hydrogen-bond acceptors (Lipinski definition) is 4. The van der Waals surface area contributed by atoms with Crippen LogP contribution in [0.15, 0.2) is 30.5 Å². The molecule has 0 fully saturated rings. The number of carbonyl (C=O) groups excluding carboxylic acids is 2. The zero-order valence-electron chi connectivity index (χ0n) is 12.9. The predicted molar refractivity (Wildman–Crippen MR) is 87.8 cm³/mol. The van der Waals surface area contributed by atoms with Gasteiger partial charge in [-0.3, -0.25) is 15.2 Å². The molecule has 3 N–H and O–H groups in total. The van der Waals surface area contributed by atoms with E-state index in [1.807, 2.05) is 0 Å². The summed E-state index contributed by atoms with van der Waals surface area (Å²) < 4.78 is 5.16. The lowest BCUT2D eigenvalue weighted by Gasteiger charge is -2.19. The fourth-order valence-corrected chi connectivity index (χ4v) is 1.84. The number of anilines is 2. The van der Waals surface area contributed by atoms with Gasteiger partial charge in [0.05, 0.1) is 6.20 Å². The van der Waals surface area contributed by atoms with Gasteiger partial charge in [0.25, 0.3) is 5.91 Å². The van der Waals surface area contributed by atoms with Crippen molar-refractivity contribution in [2.45, 2.75) is 26.4 Å². The average molecular weight is 337 g/mol. The molecule has 0 aliphatic rings. The van der Waals surface area contributed by atoms with E-state index in [0.29, 0.717) is 22.1 Å². The quantitative estimate of drug-likeness (QED) is 0.796. The van der Waals surface area contributed by atoms with Gasteiger partial charge in [-0.25, -0.2) is 4.79 Å². The third-order valence-corrected chi connectivity index (χ3v) is 2.89. The van der Waals surface area contributed by atoms with E-state index < -0.39 is 11.7 Å². The second-order valence-electron chi connectivity index (χ2n) is 5.75. The van der Waals surface area contributed by atoms with E-state index in [0.717, 1.165) is 0 Å². The molecular weight excluding hydrogens is 320 g/mol. The van der Waals surface area contributed by atoms with Crippen LogP contribution in [-0.2, 0) is 4.74 Å². The number of aromatic nitrogens is 2. The highest BCUT2D eigenvalue weighted by Crippen LogP contribution is 2.19. The van der Waals surface area contributed by atoms with E-state index in [9.17, 15) is 9.59 Å². The third kappa shape index (κ3) is 5.00. The van der Waals surface area contributed by atoms with Crippen molar-refractivity contribution in [1.29, 1.82) is 0 Å². The highest BCUT2D eigenvalue weighted by atomic mass is 35.5. The molecule has 23 heavy (non-hydrogen) atoms. The number of aromatic amines is 1. The molecule has 0 unspecified atom stereocenters. The van der Waals surface area contributed by atoms with Crippen LogP contribution < -0.4 is 10.6 Å². The summed E-state index contributed by atoms with van der Waals surface area (Å²) in [5, 5.41) is 11.8. The maximum Gasteiger partial charge on any atom is 0.412 e. The molecule has 0 spiro atoms. The highest BCUT2D eigenvalue weighted by molar-refractivity contribution is 6.33. The first-order valence-electron chi connectivity index (χ1n) is 6.85. The van der Waals surface area contributed by atoms with Crippen LogP contribution in [0.25, 0.3) is 0 Å². The van der Waals surface area contributed by atoms with Gasteiger partial charge < -0.3 is 10.1 Å². The van der Waals surface area contributed by atoms with Gasteiger partial charge in [0.1, 0.15) is 16.4 Å². The predicted octanol–water partition coefficient (Wildman–Crippen LogP) is 3.66. The van der Waals surface area contributed by atoms with Crippen LogP contribution in [0.2, 0.25) is 5.02 Å². The molecule has 122 valence electrons. The summed E-state index contributed by atoms with van der Waals surface area (Å²) in [5.41, 5.74) is 0.197. The van der Waals surface area contributed by atoms with Gasteiger partial charge >= 0.3 is 6.09 Å². The molecule has 0 radical (unpaired) electrons. The monoisotopic (exact) mass is 336 g/mol. The molecule has 1 aromatic carbocycles. The van der Waals surface area contributed by atoms with Gasteiger partial charge in [-0.1, -0.05) is 17.7 Å². The second-order valence-corrected chi connectivity index (χ2v) is 6.16. The normalized spacial score (nSPS) is 11.0. The number of nitrogens with zero attached hydrogens (tertiary/aromatic N) is 1. The van der Waals surface area contributed by atoms with Crippen LogP contribution in [0, 0.1) is 0 Å². The summed E-state index contributed by atoms with van der Waals surface area (Å²) in [5.74, 6) is -0.0776. The SMILES string of the molecule is CC(C)(C)OC(=O)Nc1cccc(C(=O)Nc2[nH]ncc2Cl)c1. The third-order valence-electron chi connectivity index (χ3n) is 2.60. The average Bonchev–Trinajstić information content (AvgIpc) is 2.82. The number of rotatable bonds is 3. The minimum Gasteiger partial charge on any atom is -0.444 e. The molecule has 7 nitrogen and oxygen atoms in total. The lowest BCUT2D eigenvalue weighted by Crippen LogP contribution is -2.27. The Kier molecular flexibility index (Phi) is 4.90. The standard InChI is InChI=1S/C15H17ClN4O3/c1-15(2,3)23-14(22)18-10-6-4-5-9(7-10)13(21)19-12-11(16)8-17-20-12/h4-8H,1-3H3,(H,18,22)(H2,17,19,20,21). The van der Waals surface area contributed by atoms with Crippen LogP contribution >= 0.6 is 11.6 Å². The maximum absolute atomic E-state index is 12.2. The summed E-state index contributed by atoms with van der Waals surface area (Å²) in [6, 6.07) is 6.45. The van der Waals surface area contributed by atoms with Crippen LogP contribution in [0.3, 0.4) is 0 Å². The van der Waals surface area contributed by atoms with Gasteiger partial charge in [-0.2, -0.15) is 5.10 Å². The zero-order valence-corrected chi connectivity index (χ0v) is 13.7. The first-order chi connectivity index (χ1) is 10.7. The Bertz CT molecular complexity index is 722. The Morgan fingerprint density at radius 3 is 2.61 bits per heavy atom. The van der Waals surface area contributed by atoms with Crippen LogP contribution in [-0.4, -0.2) is 27.8 Å². The largest absolute Gasteiger partial charge is 0.444 e. The summed E-state index contributed by atoms with van der Waals surface area (Å²) in [7, 11) is 0. The van der Waals surface area contributed by atoms with Crippen LogP contribution in [0.5, 0.6) is 0 Å². The number of carbonyl (C=O) groups is 2. The second kappa shape index (κ2) is 6.70. The van der Waals surface area contributed by atoms with Crippen molar-refractivity contribution in [2.24, 2.45) is 0 Å². The van der Waals surface area contributed by atoms with Crippen molar-refractivity contribution in [3.8, 4) is 0 Å². The first-order valence-corrected chi connectivity index (χ1v) is 7.23. The lowest BCUT2D eigenvalue weighted by molar-refractivity contribution is 0.0635. The summed E-state index contributed by atoms with van der Waals surface area (Å²) in [6.07, 6.45) is 0.796. The smallest absolute Gasteiger partial charge is 0.412 e. The van der Waals surface area contributed by atoms with Gasteiger partial charge in [-0.05, 0) is 39.0 Å². The van der Waals surface area contributed by atoms with Crippen LogP contribution in [0.4, 0.5) is 16.3 Å². The number of nitrogens with one attached hydrogen (secondary N) is 3. The Morgan fingerprint density at radius 2 is 2.00 bits per heavy atom. The van der Waals surface area contributed by atoms with E-state index in [4.69, 9.17) is 16.3 Å². The Morgan fingerprint density at radius 1 is 1.26 bits per heavy atom. The molecule has 1 aromatic heterocycles. The molecule has 8 heteroatoms. The van der Waals surface area contributed by atoms with E-state index in [-0.39, 0.29) is 5.91 Å². The number of benzene rings is 1. The van der Waals surface area contributed by atoms with Crippen molar-refractivity contribution in [2.75, 3.05) is 10.6 Å². The molecule has 1 heterocycles. The summed E-state index contributed by atoms with van der Waals surface area (Å²) in [4.78, 5) is 23.9. The number of ether oxygens (including phenoxy) is 1. The number of amides is 2. The summed E-state index contributed by atoms with van der Waals surface area (Å²) >= 11 is 5.85. The van der Waals surface area contributed by atoms with Gasteiger partial charge in [0.15, 0.2) is 0 Å². The van der Waals surface area contributed by atoms with E-state index in [1.165, 1.54) is 12.3 Å². The zero-order chi connectivity index (χ0) is 17.0. The molecule has 0 bridgehead atoms. The number of H-pyrrole nitrogens is 1. The highest BCUT2D eigenvalue weighted by Gasteiger charge is 2.17. The van der Waals surface area contributed by atoms with E-state index >= 15 is 0 Å². The van der Waals surface area contributed by atoms with Gasteiger partial charge in [0, 0.05) is 11.3 Å². The Labute approximate surface area is 138 Å². The van der Waals surface area contributed by atoms with E-state index in [2.05, 4.69) is 20.8 Å². The molecule has 0 aliphatic carbocycles. The molecule has 0 saturated heterocycles. The van der Waals surface area contributed by atoms with Crippen molar-refractivity contribution in [3.05, 3.63) is 41.0 Å². The van der Waals surface area contributed by atoms with Crippen molar-refractivity contribution >= 4 is 35.1 Å². The minimum atomic E-state index is -0.601.